The van der Waals surface area contributed by atoms with Crippen LogP contribution in [0.3, 0.4) is 0 Å². The number of hydrogen-bond acceptors (Lipinski definition) is 3. The van der Waals surface area contributed by atoms with Gasteiger partial charge < -0.3 is 14.9 Å². The number of benzene rings is 1. The van der Waals surface area contributed by atoms with Crippen LogP contribution in [0.5, 0.6) is 0 Å². The number of nitrogens with zero attached hydrogens (tertiary/aromatic N) is 2. The predicted molar refractivity (Wildman–Crippen MR) is 91.0 cm³/mol. The lowest BCUT2D eigenvalue weighted by atomic mass is 9.74. The summed E-state index contributed by atoms with van der Waals surface area (Å²) in [4.78, 5) is 16.6. The highest BCUT2D eigenvalue weighted by molar-refractivity contribution is 5.76. The first-order chi connectivity index (χ1) is 11.1. The van der Waals surface area contributed by atoms with Crippen molar-refractivity contribution in [3.8, 4) is 0 Å². The lowest BCUT2D eigenvalue weighted by molar-refractivity contribution is -0.131. The molecule has 2 heterocycles. The van der Waals surface area contributed by atoms with Crippen LogP contribution >= 0.6 is 0 Å². The van der Waals surface area contributed by atoms with Crippen molar-refractivity contribution in [3.63, 3.8) is 0 Å². The van der Waals surface area contributed by atoms with Gasteiger partial charge in [0, 0.05) is 38.5 Å². The first kappa shape index (κ1) is 16.5. The van der Waals surface area contributed by atoms with E-state index in [4.69, 9.17) is 0 Å². The van der Waals surface area contributed by atoms with Gasteiger partial charge in [0.1, 0.15) is 0 Å². The van der Waals surface area contributed by atoms with Crippen LogP contribution in [0, 0.1) is 5.92 Å². The quantitative estimate of drug-likeness (QED) is 0.926. The third-order valence-electron chi connectivity index (χ3n) is 5.52. The smallest absolute Gasteiger partial charge is 0.222 e. The van der Waals surface area contributed by atoms with Crippen molar-refractivity contribution in [1.29, 1.82) is 0 Å². The Morgan fingerprint density at radius 2 is 1.91 bits per heavy atom. The van der Waals surface area contributed by atoms with Crippen LogP contribution in [0.2, 0.25) is 0 Å². The first-order valence-electron chi connectivity index (χ1n) is 8.84. The molecule has 2 aliphatic heterocycles. The Morgan fingerprint density at radius 1 is 1.22 bits per heavy atom. The molecule has 0 saturated carbocycles. The predicted octanol–water partition coefficient (Wildman–Crippen LogP) is 2.23. The average molecular weight is 316 g/mol. The molecular formula is C19H28N2O2. The van der Waals surface area contributed by atoms with E-state index in [1.807, 2.05) is 35.2 Å². The first-order valence-corrected chi connectivity index (χ1v) is 8.84. The van der Waals surface area contributed by atoms with Gasteiger partial charge in [0.05, 0.1) is 5.60 Å². The van der Waals surface area contributed by atoms with E-state index in [9.17, 15) is 9.90 Å². The van der Waals surface area contributed by atoms with Crippen molar-refractivity contribution in [2.24, 2.45) is 5.92 Å². The maximum atomic E-state index is 12.3. The normalized spacial score (nSPS) is 29.0. The Morgan fingerprint density at radius 3 is 2.61 bits per heavy atom. The third kappa shape index (κ3) is 3.59. The lowest BCUT2D eigenvalue weighted by Crippen LogP contribution is -2.49. The topological polar surface area (TPSA) is 43.8 Å². The molecule has 4 heteroatoms. The Kier molecular flexibility index (Phi) is 5.02. The molecule has 0 spiro atoms. The molecule has 2 fully saturated rings. The number of hydrogen-bond donors (Lipinski definition) is 1. The molecule has 0 radical (unpaired) electrons. The zero-order chi connectivity index (χ0) is 16.3. The summed E-state index contributed by atoms with van der Waals surface area (Å²) in [6.07, 6.45) is 4.30. The van der Waals surface area contributed by atoms with Crippen LogP contribution in [0.1, 0.15) is 37.7 Å². The van der Waals surface area contributed by atoms with Crippen molar-refractivity contribution in [1.82, 2.24) is 9.80 Å². The fourth-order valence-corrected chi connectivity index (χ4v) is 4.04. The van der Waals surface area contributed by atoms with Crippen LogP contribution in [-0.2, 0) is 10.4 Å². The van der Waals surface area contributed by atoms with Gasteiger partial charge in [-0.1, -0.05) is 30.3 Å². The summed E-state index contributed by atoms with van der Waals surface area (Å²) in [6.45, 7) is 3.55. The second-order valence-electron chi connectivity index (χ2n) is 7.13. The van der Waals surface area contributed by atoms with Crippen molar-refractivity contribution in [2.45, 2.75) is 37.7 Å². The molecule has 0 unspecified atom stereocenters. The lowest BCUT2D eigenvalue weighted by Gasteiger charge is -2.44. The monoisotopic (exact) mass is 316 g/mol. The zero-order valence-corrected chi connectivity index (χ0v) is 14.1. The summed E-state index contributed by atoms with van der Waals surface area (Å²) in [5, 5.41) is 11.3. The Hall–Kier alpha value is -1.39. The molecule has 1 aromatic carbocycles. The summed E-state index contributed by atoms with van der Waals surface area (Å²) in [7, 11) is 2.10. The third-order valence-corrected chi connectivity index (χ3v) is 5.52. The van der Waals surface area contributed by atoms with Gasteiger partial charge in [-0.15, -0.1) is 0 Å². The van der Waals surface area contributed by atoms with Crippen LogP contribution in [0.4, 0.5) is 0 Å². The Bertz CT molecular complexity index is 527. The maximum absolute atomic E-state index is 12.3. The van der Waals surface area contributed by atoms with Crippen molar-refractivity contribution in [2.75, 3.05) is 33.2 Å². The summed E-state index contributed by atoms with van der Waals surface area (Å²) < 4.78 is 0. The molecule has 1 N–H and O–H groups in total. The molecule has 0 bridgehead atoms. The number of amides is 1. The second-order valence-corrected chi connectivity index (χ2v) is 7.13. The largest absolute Gasteiger partial charge is 0.385 e. The number of likely N-dealkylation sites (tertiary alicyclic amines) is 2. The molecule has 1 aromatic rings. The molecular weight excluding hydrogens is 288 g/mol. The van der Waals surface area contributed by atoms with Gasteiger partial charge >= 0.3 is 0 Å². The standard InChI is InChI=1S/C19H28N2O2/c1-20-14-11-19(23,16-7-3-2-4-8-16)17(15-20)9-10-18(22)21-12-5-6-13-21/h2-4,7-8,17,23H,5-6,9-15H2,1H3/t17-,19-/m1/s1. The second kappa shape index (κ2) is 7.02. The van der Waals surface area contributed by atoms with Gasteiger partial charge in [-0.25, -0.2) is 0 Å². The number of aliphatic hydroxyl groups is 1. The van der Waals surface area contributed by atoms with E-state index in [0.29, 0.717) is 6.42 Å². The van der Waals surface area contributed by atoms with Crippen molar-refractivity contribution >= 4 is 5.91 Å². The highest BCUT2D eigenvalue weighted by atomic mass is 16.3. The van der Waals surface area contributed by atoms with Gasteiger partial charge in [0.15, 0.2) is 0 Å². The number of rotatable bonds is 4. The summed E-state index contributed by atoms with van der Waals surface area (Å²) >= 11 is 0. The molecule has 3 rings (SSSR count). The minimum Gasteiger partial charge on any atom is -0.385 e. The van der Waals surface area contributed by atoms with E-state index >= 15 is 0 Å². The summed E-state index contributed by atoms with van der Waals surface area (Å²) in [5.74, 6) is 0.362. The molecule has 0 aromatic heterocycles. The molecule has 1 amide bonds. The fraction of sp³-hybridized carbons (Fsp3) is 0.632. The number of carbonyl (C=O) groups excluding carboxylic acids is 1. The minimum absolute atomic E-state index is 0.107. The zero-order valence-electron chi connectivity index (χ0n) is 14.1. The molecule has 2 aliphatic rings. The van der Waals surface area contributed by atoms with Crippen LogP contribution < -0.4 is 0 Å². The molecule has 23 heavy (non-hydrogen) atoms. The summed E-state index contributed by atoms with van der Waals surface area (Å²) in [6, 6.07) is 9.98. The van der Waals surface area contributed by atoms with E-state index in [1.54, 1.807) is 0 Å². The summed E-state index contributed by atoms with van der Waals surface area (Å²) in [5.41, 5.74) is 0.186. The van der Waals surface area contributed by atoms with E-state index in [1.165, 1.54) is 0 Å². The van der Waals surface area contributed by atoms with Gasteiger partial charge in [-0.05, 0) is 38.3 Å². The Labute approximate surface area is 139 Å². The SMILES string of the molecule is CN1CC[C@@](O)(c2ccccc2)[C@H](CCC(=O)N2CCCC2)C1. The fourth-order valence-electron chi connectivity index (χ4n) is 4.04. The molecule has 0 aliphatic carbocycles. The van der Waals surface area contributed by atoms with Gasteiger partial charge in [0.2, 0.25) is 5.91 Å². The van der Waals surface area contributed by atoms with E-state index in [-0.39, 0.29) is 11.8 Å². The van der Waals surface area contributed by atoms with Gasteiger partial charge in [-0.2, -0.15) is 0 Å². The van der Waals surface area contributed by atoms with E-state index < -0.39 is 5.60 Å². The van der Waals surface area contributed by atoms with Crippen molar-refractivity contribution in [3.05, 3.63) is 35.9 Å². The van der Waals surface area contributed by atoms with Crippen LogP contribution in [0.25, 0.3) is 0 Å². The molecule has 4 nitrogen and oxygen atoms in total. The number of carbonyl (C=O) groups is 1. The number of piperidine rings is 1. The van der Waals surface area contributed by atoms with Crippen LogP contribution in [-0.4, -0.2) is 54.0 Å². The van der Waals surface area contributed by atoms with Gasteiger partial charge in [0.25, 0.3) is 0 Å². The maximum Gasteiger partial charge on any atom is 0.222 e. The highest BCUT2D eigenvalue weighted by Gasteiger charge is 2.42. The highest BCUT2D eigenvalue weighted by Crippen LogP contribution is 2.39. The van der Waals surface area contributed by atoms with Crippen LogP contribution in [0.15, 0.2) is 30.3 Å². The average Bonchev–Trinajstić information content (AvgIpc) is 3.11. The van der Waals surface area contributed by atoms with E-state index in [2.05, 4.69) is 11.9 Å². The van der Waals surface area contributed by atoms with Crippen molar-refractivity contribution < 1.29 is 9.90 Å². The minimum atomic E-state index is -0.806. The molecule has 2 atom stereocenters. The molecule has 2 saturated heterocycles. The molecule has 126 valence electrons. The van der Waals surface area contributed by atoms with Gasteiger partial charge in [-0.3, -0.25) is 4.79 Å². The van der Waals surface area contributed by atoms with E-state index in [0.717, 1.165) is 57.4 Å². The Balaban J connectivity index is 1.69.